The summed E-state index contributed by atoms with van der Waals surface area (Å²) in [5.41, 5.74) is 0.927. The fourth-order valence-electron chi connectivity index (χ4n) is 2.33. The molecule has 0 aliphatic heterocycles. The zero-order valence-corrected chi connectivity index (χ0v) is 13.9. The predicted molar refractivity (Wildman–Crippen MR) is 92.0 cm³/mol. The van der Waals surface area contributed by atoms with E-state index in [-0.39, 0.29) is 18.0 Å². The molecule has 6 nitrogen and oxygen atoms in total. The van der Waals surface area contributed by atoms with Crippen LogP contribution in [0.5, 0.6) is 0 Å². The van der Waals surface area contributed by atoms with Crippen LogP contribution in [0.1, 0.15) is 15.4 Å². The van der Waals surface area contributed by atoms with E-state index in [1.165, 1.54) is 22.7 Å². The molecule has 4 aromatic rings. The molecular formula is C14H9N3O3S3. The lowest BCUT2D eigenvalue weighted by Gasteiger charge is -2.02. The number of rotatable bonds is 3. The standard InChI is InChI=1S/C14H9N3O3S3/c18-12(15-6-7-2-1-4-20-7)10-11-16-13(19)9-8(3-5-22-9)17(11)14(21)23-10/h1-5H,6H2,(H,15,18)(H,16,19). The summed E-state index contributed by atoms with van der Waals surface area (Å²) < 4.78 is 8.02. The first-order valence-electron chi connectivity index (χ1n) is 6.61. The van der Waals surface area contributed by atoms with E-state index in [9.17, 15) is 9.59 Å². The van der Waals surface area contributed by atoms with E-state index < -0.39 is 0 Å². The molecule has 0 atom stereocenters. The van der Waals surface area contributed by atoms with E-state index in [0.717, 1.165) is 5.52 Å². The van der Waals surface area contributed by atoms with Crippen molar-refractivity contribution in [2.75, 3.05) is 0 Å². The third kappa shape index (κ3) is 2.33. The van der Waals surface area contributed by atoms with Crippen LogP contribution >= 0.6 is 34.9 Å². The number of thiophene rings is 1. The maximum absolute atomic E-state index is 12.4. The number of carbonyl (C=O) groups excluding carboxylic acids is 1. The average molecular weight is 363 g/mol. The van der Waals surface area contributed by atoms with Gasteiger partial charge in [-0.05, 0) is 35.8 Å². The van der Waals surface area contributed by atoms with Gasteiger partial charge in [-0.15, -0.1) is 11.3 Å². The number of nitrogens with one attached hydrogen (secondary N) is 2. The van der Waals surface area contributed by atoms with Crippen molar-refractivity contribution in [3.8, 4) is 0 Å². The first-order valence-corrected chi connectivity index (χ1v) is 8.71. The van der Waals surface area contributed by atoms with E-state index in [1.807, 2.05) is 11.4 Å². The molecule has 0 aromatic carbocycles. The Morgan fingerprint density at radius 1 is 1.43 bits per heavy atom. The van der Waals surface area contributed by atoms with Gasteiger partial charge >= 0.3 is 0 Å². The van der Waals surface area contributed by atoms with Crippen molar-refractivity contribution in [1.82, 2.24) is 14.7 Å². The third-order valence-electron chi connectivity index (χ3n) is 3.34. The maximum atomic E-state index is 12.4. The van der Waals surface area contributed by atoms with Gasteiger partial charge in [0, 0.05) is 0 Å². The van der Waals surface area contributed by atoms with Crippen LogP contribution in [0.4, 0.5) is 0 Å². The Labute approximate surface area is 142 Å². The van der Waals surface area contributed by atoms with Crippen molar-refractivity contribution < 1.29 is 9.21 Å². The summed E-state index contributed by atoms with van der Waals surface area (Å²) in [6.45, 7) is 0.271. The summed E-state index contributed by atoms with van der Waals surface area (Å²) in [7, 11) is 0. The lowest BCUT2D eigenvalue weighted by Crippen LogP contribution is -2.22. The highest BCUT2D eigenvalue weighted by molar-refractivity contribution is 7.73. The van der Waals surface area contributed by atoms with Gasteiger partial charge in [0.2, 0.25) is 0 Å². The Kier molecular flexibility index (Phi) is 3.40. The normalized spacial score (nSPS) is 11.3. The highest BCUT2D eigenvalue weighted by Gasteiger charge is 2.18. The fraction of sp³-hybridized carbons (Fsp3) is 0.0714. The van der Waals surface area contributed by atoms with Crippen LogP contribution in [0.15, 0.2) is 39.1 Å². The number of nitrogens with zero attached hydrogens (tertiary/aromatic N) is 1. The number of hydrogen-bond donors (Lipinski definition) is 2. The molecule has 0 saturated heterocycles. The number of fused-ring (bicyclic) bond motifs is 3. The molecule has 0 bridgehead atoms. The van der Waals surface area contributed by atoms with E-state index in [4.69, 9.17) is 16.6 Å². The van der Waals surface area contributed by atoms with E-state index in [1.54, 1.807) is 22.8 Å². The second-order valence-corrected chi connectivity index (χ2v) is 7.29. The van der Waals surface area contributed by atoms with Crippen LogP contribution in [0.25, 0.3) is 15.9 Å². The molecule has 0 aliphatic rings. The number of furan rings is 1. The number of amides is 1. The third-order valence-corrected chi connectivity index (χ3v) is 5.62. The maximum Gasteiger partial charge on any atom is 0.269 e. The molecule has 4 heterocycles. The highest BCUT2D eigenvalue weighted by Crippen LogP contribution is 2.24. The smallest absolute Gasteiger partial charge is 0.269 e. The molecule has 9 heteroatoms. The SMILES string of the molecule is O=C(NCc1ccco1)c1sc(=S)n2c1[nH]c(=O)c1sccc12. The Balaban J connectivity index is 1.81. The second-order valence-electron chi connectivity index (χ2n) is 4.73. The molecule has 0 fully saturated rings. The van der Waals surface area contributed by atoms with Crippen LogP contribution < -0.4 is 10.9 Å². The quantitative estimate of drug-likeness (QED) is 0.548. The molecule has 116 valence electrons. The summed E-state index contributed by atoms with van der Waals surface area (Å²) in [5.74, 6) is 0.351. The van der Waals surface area contributed by atoms with Gasteiger partial charge in [-0.2, -0.15) is 0 Å². The highest BCUT2D eigenvalue weighted by atomic mass is 32.1. The molecule has 0 saturated carbocycles. The minimum absolute atomic E-state index is 0.220. The molecule has 0 unspecified atom stereocenters. The lowest BCUT2D eigenvalue weighted by atomic mass is 10.4. The number of hydrogen-bond acceptors (Lipinski definition) is 6. The monoisotopic (exact) mass is 363 g/mol. The minimum atomic E-state index is -0.301. The van der Waals surface area contributed by atoms with Crippen molar-refractivity contribution >= 4 is 56.7 Å². The second kappa shape index (κ2) is 5.44. The minimum Gasteiger partial charge on any atom is -0.467 e. The molecule has 4 rings (SSSR count). The first kappa shape index (κ1) is 14.4. The summed E-state index contributed by atoms with van der Waals surface area (Å²) in [6.07, 6.45) is 1.55. The van der Waals surface area contributed by atoms with Crippen molar-refractivity contribution in [1.29, 1.82) is 0 Å². The van der Waals surface area contributed by atoms with Gasteiger partial charge in [0.25, 0.3) is 11.5 Å². The Hall–Kier alpha value is -2.23. The number of thiazole rings is 1. The van der Waals surface area contributed by atoms with Crippen molar-refractivity contribution in [2.24, 2.45) is 0 Å². The Bertz CT molecular complexity index is 1130. The van der Waals surface area contributed by atoms with E-state index in [0.29, 0.717) is 24.9 Å². The van der Waals surface area contributed by atoms with Crippen molar-refractivity contribution in [3.05, 3.63) is 54.8 Å². The Morgan fingerprint density at radius 2 is 2.30 bits per heavy atom. The zero-order chi connectivity index (χ0) is 16.0. The van der Waals surface area contributed by atoms with Gasteiger partial charge in [0.05, 0.1) is 18.3 Å². The van der Waals surface area contributed by atoms with Crippen LogP contribution in [-0.2, 0) is 6.54 Å². The van der Waals surface area contributed by atoms with Crippen LogP contribution in [0.3, 0.4) is 0 Å². The topological polar surface area (TPSA) is 79.5 Å². The van der Waals surface area contributed by atoms with Crippen molar-refractivity contribution in [3.63, 3.8) is 0 Å². The number of carbonyl (C=O) groups is 1. The Morgan fingerprint density at radius 3 is 3.09 bits per heavy atom. The van der Waals surface area contributed by atoms with Gasteiger partial charge in [-0.1, -0.05) is 11.3 Å². The fourth-order valence-corrected chi connectivity index (χ4v) is 4.40. The van der Waals surface area contributed by atoms with Crippen LogP contribution in [-0.4, -0.2) is 15.3 Å². The lowest BCUT2D eigenvalue weighted by molar-refractivity contribution is 0.0953. The first-order chi connectivity index (χ1) is 11.1. The zero-order valence-electron chi connectivity index (χ0n) is 11.5. The van der Waals surface area contributed by atoms with Gasteiger partial charge in [-0.3, -0.25) is 14.0 Å². The van der Waals surface area contributed by atoms with Crippen molar-refractivity contribution in [2.45, 2.75) is 6.54 Å². The van der Waals surface area contributed by atoms with Gasteiger partial charge in [0.1, 0.15) is 21.0 Å². The molecule has 0 radical (unpaired) electrons. The summed E-state index contributed by atoms with van der Waals surface area (Å²) >= 11 is 7.87. The molecule has 1 amide bonds. The average Bonchev–Trinajstić information content (AvgIpc) is 3.24. The van der Waals surface area contributed by atoms with Gasteiger partial charge < -0.3 is 14.7 Å². The van der Waals surface area contributed by atoms with Crippen LogP contribution in [0.2, 0.25) is 0 Å². The molecule has 2 N–H and O–H groups in total. The number of H-pyrrole nitrogens is 1. The largest absolute Gasteiger partial charge is 0.467 e. The summed E-state index contributed by atoms with van der Waals surface area (Å²) in [5, 5.41) is 4.60. The van der Waals surface area contributed by atoms with Crippen LogP contribution in [0, 0.1) is 3.95 Å². The van der Waals surface area contributed by atoms with E-state index in [2.05, 4.69) is 10.3 Å². The summed E-state index contributed by atoms with van der Waals surface area (Å²) in [6, 6.07) is 5.36. The molecule has 0 spiro atoms. The van der Waals surface area contributed by atoms with E-state index >= 15 is 0 Å². The summed E-state index contributed by atoms with van der Waals surface area (Å²) in [4.78, 5) is 27.7. The number of aromatic amines is 1. The van der Waals surface area contributed by atoms with Gasteiger partial charge in [-0.25, -0.2) is 0 Å². The molecule has 0 aliphatic carbocycles. The molecule has 23 heavy (non-hydrogen) atoms. The predicted octanol–water partition coefficient (Wildman–Crippen LogP) is 3.16. The molecular weight excluding hydrogens is 354 g/mol. The molecule has 4 aromatic heterocycles. The number of aromatic nitrogens is 2. The van der Waals surface area contributed by atoms with Gasteiger partial charge in [0.15, 0.2) is 3.95 Å².